The van der Waals surface area contributed by atoms with Crippen LogP contribution in [-0.2, 0) is 25.9 Å². The molecular weight excluding hydrogens is 390 g/mol. The van der Waals surface area contributed by atoms with Crippen molar-refractivity contribution in [2.75, 3.05) is 10.7 Å². The first-order valence-electron chi connectivity index (χ1n) is 7.30. The van der Waals surface area contributed by atoms with E-state index in [0.717, 1.165) is 36.6 Å². The molecule has 0 fully saturated rings. The van der Waals surface area contributed by atoms with E-state index < -0.39 is 0 Å². The van der Waals surface area contributed by atoms with Crippen LogP contribution >= 0.6 is 31.9 Å². The molecule has 0 amide bonds. The molecule has 0 aliphatic heterocycles. The van der Waals surface area contributed by atoms with Crippen molar-refractivity contribution in [3.8, 4) is 0 Å². The molecule has 2 aromatic rings. The Labute approximate surface area is 144 Å². The predicted molar refractivity (Wildman–Crippen MR) is 98.4 cm³/mol. The quantitative estimate of drug-likeness (QED) is 0.613. The first-order chi connectivity index (χ1) is 10.3. The van der Waals surface area contributed by atoms with Crippen LogP contribution in [0.5, 0.6) is 0 Å². The van der Waals surface area contributed by atoms with Gasteiger partial charge in [-0.2, -0.15) is 0 Å². The first-order valence-corrected chi connectivity index (χ1v) is 9.54. The smallest absolute Gasteiger partial charge is 0.0208 e. The minimum atomic E-state index is 0.914. The predicted octanol–water partition coefficient (Wildman–Crippen LogP) is 4.85. The topological polar surface area (TPSA) is 12.0 Å². The fourth-order valence-corrected chi connectivity index (χ4v) is 3.13. The van der Waals surface area contributed by atoms with Crippen LogP contribution in [0.1, 0.15) is 22.3 Å². The van der Waals surface area contributed by atoms with E-state index >= 15 is 0 Å². The van der Waals surface area contributed by atoms with E-state index in [0.29, 0.717) is 0 Å². The van der Waals surface area contributed by atoms with Crippen molar-refractivity contribution in [1.29, 1.82) is 0 Å². The summed E-state index contributed by atoms with van der Waals surface area (Å²) >= 11 is 6.94. The highest BCUT2D eigenvalue weighted by molar-refractivity contribution is 9.09. The number of hydrogen-bond donors (Lipinski definition) is 1. The molecule has 3 heteroatoms. The van der Waals surface area contributed by atoms with Gasteiger partial charge in [0.05, 0.1) is 0 Å². The van der Waals surface area contributed by atoms with Crippen molar-refractivity contribution in [2.45, 2.75) is 25.9 Å². The van der Waals surface area contributed by atoms with Gasteiger partial charge in [-0.25, -0.2) is 0 Å². The summed E-state index contributed by atoms with van der Waals surface area (Å²) in [5.41, 5.74) is 5.45. The van der Waals surface area contributed by atoms with Crippen LogP contribution < -0.4 is 5.32 Å². The second-order valence-corrected chi connectivity index (χ2v) is 6.70. The molecule has 112 valence electrons. The monoisotopic (exact) mass is 409 g/mol. The zero-order valence-electron chi connectivity index (χ0n) is 12.1. The summed E-state index contributed by atoms with van der Waals surface area (Å²) in [5, 5.41) is 5.55. The molecule has 21 heavy (non-hydrogen) atoms. The standard InChI is InChI=1S/C18H21Br2N/c19-11-9-15-1-5-17(6-2-15)13-21-14-18-7-3-16(4-8-18)10-12-20/h1-8,21H,9-14H2. The number of benzene rings is 2. The lowest BCUT2D eigenvalue weighted by Gasteiger charge is -2.07. The molecule has 0 aromatic heterocycles. The SMILES string of the molecule is BrCCc1ccc(CNCc2ccc(CCBr)cc2)cc1. The van der Waals surface area contributed by atoms with Crippen molar-refractivity contribution < 1.29 is 0 Å². The second-order valence-electron chi connectivity index (χ2n) is 5.11. The van der Waals surface area contributed by atoms with Crippen LogP contribution in [0.4, 0.5) is 0 Å². The molecule has 0 bridgehead atoms. The molecule has 0 aliphatic carbocycles. The van der Waals surface area contributed by atoms with E-state index in [9.17, 15) is 0 Å². The van der Waals surface area contributed by atoms with Gasteiger partial charge in [0.2, 0.25) is 0 Å². The molecule has 0 aliphatic rings. The molecule has 2 aromatic carbocycles. The molecule has 2 rings (SSSR count). The van der Waals surface area contributed by atoms with Crippen LogP contribution in [-0.4, -0.2) is 10.7 Å². The summed E-state index contributed by atoms with van der Waals surface area (Å²) in [6, 6.07) is 17.7. The third-order valence-electron chi connectivity index (χ3n) is 3.47. The Bertz CT molecular complexity index is 470. The van der Waals surface area contributed by atoms with Gasteiger partial charge in [-0.3, -0.25) is 0 Å². The first kappa shape index (κ1) is 16.7. The minimum Gasteiger partial charge on any atom is -0.309 e. The van der Waals surface area contributed by atoms with Crippen molar-refractivity contribution in [1.82, 2.24) is 5.32 Å². The molecule has 0 atom stereocenters. The van der Waals surface area contributed by atoms with E-state index in [1.807, 2.05) is 0 Å². The van der Waals surface area contributed by atoms with E-state index in [1.165, 1.54) is 22.3 Å². The zero-order chi connectivity index (χ0) is 14.9. The van der Waals surface area contributed by atoms with E-state index in [-0.39, 0.29) is 0 Å². The molecule has 0 unspecified atom stereocenters. The third kappa shape index (κ3) is 5.93. The van der Waals surface area contributed by atoms with Crippen LogP contribution in [0.2, 0.25) is 0 Å². The van der Waals surface area contributed by atoms with Gasteiger partial charge < -0.3 is 5.32 Å². The lowest BCUT2D eigenvalue weighted by atomic mass is 10.1. The summed E-state index contributed by atoms with van der Waals surface area (Å²) in [5.74, 6) is 0. The lowest BCUT2D eigenvalue weighted by molar-refractivity contribution is 0.693. The number of rotatable bonds is 8. The highest BCUT2D eigenvalue weighted by atomic mass is 79.9. The number of halogens is 2. The van der Waals surface area contributed by atoms with Gasteiger partial charge >= 0.3 is 0 Å². The van der Waals surface area contributed by atoms with Gasteiger partial charge in [-0.05, 0) is 35.1 Å². The summed E-state index contributed by atoms with van der Waals surface area (Å²) in [7, 11) is 0. The van der Waals surface area contributed by atoms with Crippen molar-refractivity contribution >= 4 is 31.9 Å². The molecule has 0 radical (unpaired) electrons. The highest BCUT2D eigenvalue weighted by Crippen LogP contribution is 2.08. The van der Waals surface area contributed by atoms with Crippen LogP contribution in [0.15, 0.2) is 48.5 Å². The van der Waals surface area contributed by atoms with E-state index in [1.54, 1.807) is 0 Å². The largest absolute Gasteiger partial charge is 0.309 e. The summed E-state index contributed by atoms with van der Waals surface area (Å²) in [6.45, 7) is 1.83. The van der Waals surface area contributed by atoms with Crippen molar-refractivity contribution in [3.63, 3.8) is 0 Å². The van der Waals surface area contributed by atoms with Gasteiger partial charge in [0.1, 0.15) is 0 Å². The Morgan fingerprint density at radius 2 is 0.905 bits per heavy atom. The number of alkyl halides is 2. The third-order valence-corrected chi connectivity index (χ3v) is 4.26. The maximum Gasteiger partial charge on any atom is 0.0208 e. The summed E-state index contributed by atoms with van der Waals surface area (Å²) in [4.78, 5) is 0. The normalized spacial score (nSPS) is 10.8. The van der Waals surface area contributed by atoms with Gasteiger partial charge in [0, 0.05) is 23.7 Å². The Kier molecular flexibility index (Phi) is 7.48. The summed E-state index contributed by atoms with van der Waals surface area (Å²) in [6.07, 6.45) is 2.18. The molecule has 0 spiro atoms. The van der Waals surface area contributed by atoms with E-state index in [4.69, 9.17) is 0 Å². The van der Waals surface area contributed by atoms with Gasteiger partial charge in [0.25, 0.3) is 0 Å². The molecule has 0 saturated heterocycles. The maximum atomic E-state index is 3.50. The second kappa shape index (κ2) is 9.39. The Morgan fingerprint density at radius 3 is 1.24 bits per heavy atom. The zero-order valence-corrected chi connectivity index (χ0v) is 15.3. The lowest BCUT2D eigenvalue weighted by Crippen LogP contribution is -2.12. The fraction of sp³-hybridized carbons (Fsp3) is 0.333. The summed E-state index contributed by atoms with van der Waals surface area (Å²) < 4.78 is 0. The molecule has 1 nitrogen and oxygen atoms in total. The minimum absolute atomic E-state index is 0.914. The Balaban J connectivity index is 1.78. The molecule has 1 N–H and O–H groups in total. The number of nitrogens with one attached hydrogen (secondary N) is 1. The number of hydrogen-bond acceptors (Lipinski definition) is 1. The number of aryl methyl sites for hydroxylation is 2. The van der Waals surface area contributed by atoms with Crippen molar-refractivity contribution in [3.05, 3.63) is 70.8 Å². The Morgan fingerprint density at radius 1 is 0.571 bits per heavy atom. The average Bonchev–Trinajstić information content (AvgIpc) is 2.51. The maximum absolute atomic E-state index is 3.50. The Hall–Kier alpha value is -0.640. The van der Waals surface area contributed by atoms with Gasteiger partial charge in [-0.1, -0.05) is 80.4 Å². The molecular formula is C18H21Br2N. The molecule has 0 heterocycles. The van der Waals surface area contributed by atoms with Crippen LogP contribution in [0, 0.1) is 0 Å². The van der Waals surface area contributed by atoms with Crippen LogP contribution in [0.3, 0.4) is 0 Å². The fourth-order valence-electron chi connectivity index (χ4n) is 2.22. The molecule has 0 saturated carbocycles. The van der Waals surface area contributed by atoms with Gasteiger partial charge in [-0.15, -0.1) is 0 Å². The van der Waals surface area contributed by atoms with Crippen molar-refractivity contribution in [2.24, 2.45) is 0 Å². The van der Waals surface area contributed by atoms with Crippen LogP contribution in [0.25, 0.3) is 0 Å². The van der Waals surface area contributed by atoms with Gasteiger partial charge in [0.15, 0.2) is 0 Å². The van der Waals surface area contributed by atoms with E-state index in [2.05, 4.69) is 85.7 Å². The highest BCUT2D eigenvalue weighted by Gasteiger charge is 1.97. The average molecular weight is 411 g/mol.